The average Bonchev–Trinajstić information content (AvgIpc) is 2.26. The molecule has 6 N–H and O–H groups in total. The summed E-state index contributed by atoms with van der Waals surface area (Å²) in [5.74, 6) is 9.46. The first-order valence-electron chi connectivity index (χ1n) is 4.14. The number of carbonyl (C=O) groups is 2. The Kier molecular flexibility index (Phi) is 8.05. The highest BCUT2D eigenvalue weighted by Crippen LogP contribution is 1.92. The fourth-order valence-corrected chi connectivity index (χ4v) is 0.589. The van der Waals surface area contributed by atoms with Crippen molar-refractivity contribution in [1.82, 2.24) is 10.9 Å². The maximum atomic E-state index is 10.4. The molecule has 88 valence electrons. The molecule has 0 aromatic rings. The van der Waals surface area contributed by atoms with Crippen LogP contribution in [0.4, 0.5) is 9.59 Å². The molecule has 0 aromatic carbocycles. The van der Waals surface area contributed by atoms with Crippen LogP contribution in [0, 0.1) is 0 Å². The van der Waals surface area contributed by atoms with E-state index in [9.17, 15) is 9.59 Å². The zero-order valence-corrected chi connectivity index (χ0v) is 8.02. The van der Waals surface area contributed by atoms with Crippen molar-refractivity contribution in [2.45, 2.75) is 12.8 Å². The van der Waals surface area contributed by atoms with Gasteiger partial charge >= 0.3 is 12.2 Å². The summed E-state index contributed by atoms with van der Waals surface area (Å²) >= 11 is 0. The minimum atomic E-state index is -0.881. The Morgan fingerprint density at radius 2 is 1.60 bits per heavy atom. The van der Waals surface area contributed by atoms with Crippen molar-refractivity contribution in [1.29, 1.82) is 0 Å². The Morgan fingerprint density at radius 3 is 2.20 bits per heavy atom. The third-order valence-electron chi connectivity index (χ3n) is 1.23. The van der Waals surface area contributed by atoms with Crippen LogP contribution in [0.5, 0.6) is 0 Å². The number of rotatable bonds is 6. The van der Waals surface area contributed by atoms with Gasteiger partial charge in [0.05, 0.1) is 13.2 Å². The van der Waals surface area contributed by atoms with Crippen LogP contribution in [0.1, 0.15) is 12.8 Å². The summed E-state index contributed by atoms with van der Waals surface area (Å²) in [6.07, 6.45) is -0.472. The van der Waals surface area contributed by atoms with Crippen molar-refractivity contribution in [3.05, 3.63) is 0 Å². The number of hydrazine groups is 2. The summed E-state index contributed by atoms with van der Waals surface area (Å²) in [5, 5.41) is 0. The van der Waals surface area contributed by atoms with Gasteiger partial charge in [-0.1, -0.05) is 0 Å². The van der Waals surface area contributed by atoms with Crippen molar-refractivity contribution >= 4 is 12.2 Å². The van der Waals surface area contributed by atoms with Crippen LogP contribution in [0.2, 0.25) is 0 Å². The maximum absolute atomic E-state index is 10.4. The Bertz CT molecular complexity index is 180. The molecule has 0 spiro atoms. The third-order valence-corrected chi connectivity index (χ3v) is 1.23. The van der Waals surface area contributed by atoms with Crippen LogP contribution in [-0.4, -0.2) is 25.4 Å². The van der Waals surface area contributed by atoms with E-state index in [1.54, 1.807) is 10.9 Å². The van der Waals surface area contributed by atoms with Gasteiger partial charge in [0.15, 0.2) is 0 Å². The molecule has 0 fully saturated rings. The lowest BCUT2D eigenvalue weighted by atomic mass is 10.3. The van der Waals surface area contributed by atoms with Gasteiger partial charge in [-0.3, -0.25) is 15.7 Å². The van der Waals surface area contributed by atoms with Gasteiger partial charge in [-0.05, 0) is 12.8 Å². The van der Waals surface area contributed by atoms with Gasteiger partial charge in [0.25, 0.3) is 0 Å². The Balaban J connectivity index is 3.11. The van der Waals surface area contributed by atoms with E-state index in [4.69, 9.17) is 11.7 Å². The van der Waals surface area contributed by atoms with Crippen molar-refractivity contribution in [2.24, 2.45) is 11.7 Å². The molecule has 0 bridgehead atoms. The number of nitrogens with one attached hydrogen (secondary N) is 2. The minimum absolute atomic E-state index is 0.182. The molecule has 0 saturated carbocycles. The summed E-state index contributed by atoms with van der Waals surface area (Å²) in [7, 11) is 0. The van der Waals surface area contributed by atoms with E-state index in [1.807, 2.05) is 0 Å². The lowest BCUT2D eigenvalue weighted by molar-refractivity contribution is -0.239. The van der Waals surface area contributed by atoms with Crippen LogP contribution in [-0.2, 0) is 14.5 Å². The maximum Gasteiger partial charge on any atom is 0.452 e. The highest BCUT2D eigenvalue weighted by atomic mass is 17.2. The van der Waals surface area contributed by atoms with Gasteiger partial charge in [0, 0.05) is 0 Å². The molecule has 0 aliphatic carbocycles. The van der Waals surface area contributed by atoms with E-state index in [0.717, 1.165) is 0 Å². The van der Waals surface area contributed by atoms with Crippen LogP contribution >= 0.6 is 0 Å². The quantitative estimate of drug-likeness (QED) is 0.147. The second-order valence-corrected chi connectivity index (χ2v) is 2.32. The van der Waals surface area contributed by atoms with Gasteiger partial charge < -0.3 is 4.74 Å². The zero-order valence-electron chi connectivity index (χ0n) is 8.02. The number of carbonyl (C=O) groups excluding carboxylic acids is 2. The standard InChI is InChI=1S/C6H14N4O5/c7-9-5(11)13-3-1-2-4-14-15-6(12)10-8/h1-4,7-8H2,(H,9,11)(H,10,12). The molecule has 9 heteroatoms. The predicted molar refractivity (Wildman–Crippen MR) is 47.7 cm³/mol. The van der Waals surface area contributed by atoms with E-state index >= 15 is 0 Å². The fraction of sp³-hybridized carbons (Fsp3) is 0.667. The van der Waals surface area contributed by atoms with E-state index in [-0.39, 0.29) is 13.2 Å². The van der Waals surface area contributed by atoms with Gasteiger partial charge in [0.2, 0.25) is 0 Å². The summed E-state index contributed by atoms with van der Waals surface area (Å²) in [6.45, 7) is 0.385. The molecule has 0 radical (unpaired) electrons. The summed E-state index contributed by atoms with van der Waals surface area (Å²) in [4.78, 5) is 29.4. The van der Waals surface area contributed by atoms with Crippen LogP contribution in [0.3, 0.4) is 0 Å². The Morgan fingerprint density at radius 1 is 1.00 bits per heavy atom. The second-order valence-electron chi connectivity index (χ2n) is 2.32. The molecular formula is C6H14N4O5. The number of amides is 2. The molecule has 2 amide bonds. The number of ether oxygens (including phenoxy) is 1. The first-order chi connectivity index (χ1) is 7.20. The van der Waals surface area contributed by atoms with Gasteiger partial charge in [-0.2, -0.15) is 4.89 Å². The summed E-state index contributed by atoms with van der Waals surface area (Å²) in [6, 6.07) is 0. The fourth-order valence-electron chi connectivity index (χ4n) is 0.589. The normalized spacial score (nSPS) is 9.20. The Labute approximate surface area is 85.9 Å². The molecular weight excluding hydrogens is 208 g/mol. The molecule has 0 aromatic heterocycles. The van der Waals surface area contributed by atoms with Crippen molar-refractivity contribution in [2.75, 3.05) is 13.2 Å². The first kappa shape index (κ1) is 13.4. The summed E-state index contributed by atoms with van der Waals surface area (Å²) < 4.78 is 4.57. The van der Waals surface area contributed by atoms with Gasteiger partial charge in [0.1, 0.15) is 0 Å². The lowest BCUT2D eigenvalue weighted by Crippen LogP contribution is -2.31. The lowest BCUT2D eigenvalue weighted by Gasteiger charge is -2.03. The molecule has 0 aliphatic heterocycles. The number of hydrogen-bond donors (Lipinski definition) is 4. The van der Waals surface area contributed by atoms with Crippen LogP contribution in [0.15, 0.2) is 0 Å². The molecule has 9 nitrogen and oxygen atoms in total. The molecule has 0 saturated heterocycles. The number of unbranched alkanes of at least 4 members (excludes halogenated alkanes) is 1. The largest absolute Gasteiger partial charge is 0.452 e. The van der Waals surface area contributed by atoms with E-state index in [0.29, 0.717) is 12.8 Å². The molecule has 0 atom stereocenters. The van der Waals surface area contributed by atoms with Crippen molar-refractivity contribution in [3.8, 4) is 0 Å². The smallest absolute Gasteiger partial charge is 0.449 e. The Hall–Kier alpha value is -1.58. The average molecular weight is 222 g/mol. The zero-order chi connectivity index (χ0) is 11.5. The molecule has 0 heterocycles. The number of nitrogens with two attached hydrogens (primary N) is 2. The van der Waals surface area contributed by atoms with Crippen molar-refractivity contribution in [3.63, 3.8) is 0 Å². The highest BCUT2D eigenvalue weighted by molar-refractivity contribution is 5.66. The SMILES string of the molecule is NNC(=O)OCCCCOOC(=O)NN. The van der Waals surface area contributed by atoms with Crippen LogP contribution < -0.4 is 22.5 Å². The van der Waals surface area contributed by atoms with Gasteiger partial charge in [-0.25, -0.2) is 21.3 Å². The van der Waals surface area contributed by atoms with E-state index in [1.165, 1.54) is 0 Å². The second kappa shape index (κ2) is 8.99. The molecule has 15 heavy (non-hydrogen) atoms. The third kappa shape index (κ3) is 8.74. The molecule has 0 rings (SSSR count). The first-order valence-corrected chi connectivity index (χ1v) is 4.14. The molecule has 0 aliphatic rings. The monoisotopic (exact) mass is 222 g/mol. The minimum Gasteiger partial charge on any atom is -0.449 e. The van der Waals surface area contributed by atoms with E-state index < -0.39 is 12.2 Å². The highest BCUT2D eigenvalue weighted by Gasteiger charge is 2.00. The van der Waals surface area contributed by atoms with Crippen molar-refractivity contribution < 1.29 is 24.1 Å². The van der Waals surface area contributed by atoms with Gasteiger partial charge in [-0.15, -0.1) is 0 Å². The number of hydrogen-bond acceptors (Lipinski definition) is 7. The molecule has 0 unspecified atom stereocenters. The predicted octanol–water partition coefficient (Wildman–Crippen LogP) is -1.10. The van der Waals surface area contributed by atoms with Crippen LogP contribution in [0.25, 0.3) is 0 Å². The van der Waals surface area contributed by atoms with E-state index in [2.05, 4.69) is 14.5 Å². The summed E-state index contributed by atoms with van der Waals surface area (Å²) in [5.41, 5.74) is 3.52. The topological polar surface area (TPSA) is 138 Å².